The van der Waals surface area contributed by atoms with Gasteiger partial charge in [-0.1, -0.05) is 29.3 Å². The van der Waals surface area contributed by atoms with Crippen molar-refractivity contribution in [2.45, 2.75) is 39.2 Å². The van der Waals surface area contributed by atoms with Crippen molar-refractivity contribution in [1.82, 2.24) is 4.90 Å². The van der Waals surface area contributed by atoms with Gasteiger partial charge < -0.3 is 4.74 Å². The maximum atomic E-state index is 5.32. The van der Waals surface area contributed by atoms with Crippen LogP contribution < -0.4 is 4.74 Å². The van der Waals surface area contributed by atoms with E-state index in [1.165, 1.54) is 48.8 Å². The Morgan fingerprint density at radius 1 is 1.32 bits per heavy atom. The predicted octanol–water partition coefficient (Wildman–Crippen LogP) is 4.47. The zero-order valence-corrected chi connectivity index (χ0v) is 13.6. The summed E-state index contributed by atoms with van der Waals surface area (Å²) in [5.74, 6) is 1.87. The summed E-state index contributed by atoms with van der Waals surface area (Å²) in [7, 11) is 1.73. The van der Waals surface area contributed by atoms with Gasteiger partial charge in [-0.05, 0) is 62.0 Å². The number of rotatable bonds is 4. The molecule has 1 fully saturated rings. The van der Waals surface area contributed by atoms with E-state index in [-0.39, 0.29) is 0 Å². The molecule has 1 aliphatic heterocycles. The Morgan fingerprint density at radius 3 is 2.89 bits per heavy atom. The Hall–Kier alpha value is -0.540. The van der Waals surface area contributed by atoms with Crippen LogP contribution >= 0.6 is 15.9 Å². The second-order valence-corrected chi connectivity index (χ2v) is 6.29. The second-order valence-electron chi connectivity index (χ2n) is 5.44. The zero-order chi connectivity index (χ0) is 13.7. The van der Waals surface area contributed by atoms with E-state index in [2.05, 4.69) is 39.9 Å². The molecule has 1 unspecified atom stereocenters. The van der Waals surface area contributed by atoms with Gasteiger partial charge in [-0.25, -0.2) is 0 Å². The van der Waals surface area contributed by atoms with Gasteiger partial charge in [0.25, 0.3) is 0 Å². The van der Waals surface area contributed by atoms with E-state index < -0.39 is 0 Å². The van der Waals surface area contributed by atoms with E-state index in [9.17, 15) is 0 Å². The number of likely N-dealkylation sites (tertiary alicyclic amines) is 1. The van der Waals surface area contributed by atoms with Crippen LogP contribution in [0.3, 0.4) is 0 Å². The molecular formula is C16H24BrNO. The van der Waals surface area contributed by atoms with Gasteiger partial charge in [-0.15, -0.1) is 0 Å². The van der Waals surface area contributed by atoms with Crippen LogP contribution in [0.4, 0.5) is 0 Å². The molecule has 1 aromatic carbocycles. The predicted molar refractivity (Wildman–Crippen MR) is 83.6 cm³/mol. The number of nitrogens with zero attached hydrogens (tertiary/aromatic N) is 1. The topological polar surface area (TPSA) is 12.5 Å². The lowest BCUT2D eigenvalue weighted by Gasteiger charge is -2.21. The Labute approximate surface area is 125 Å². The van der Waals surface area contributed by atoms with Crippen molar-refractivity contribution in [3.8, 4) is 5.75 Å². The fourth-order valence-electron chi connectivity index (χ4n) is 2.83. The molecule has 0 radical (unpaired) electrons. The van der Waals surface area contributed by atoms with Crippen LogP contribution in [0.1, 0.15) is 38.2 Å². The fraction of sp³-hybridized carbons (Fsp3) is 0.625. The zero-order valence-electron chi connectivity index (χ0n) is 12.0. The largest absolute Gasteiger partial charge is 0.497 e. The summed E-state index contributed by atoms with van der Waals surface area (Å²) in [5.41, 5.74) is 1.33. The van der Waals surface area contributed by atoms with Gasteiger partial charge in [0.05, 0.1) is 7.11 Å². The smallest absolute Gasteiger partial charge is 0.119 e. The maximum absolute atomic E-state index is 5.32. The van der Waals surface area contributed by atoms with E-state index in [1.807, 2.05) is 6.07 Å². The number of halogens is 1. The molecule has 0 aromatic heterocycles. The lowest BCUT2D eigenvalue weighted by atomic mass is 9.98. The van der Waals surface area contributed by atoms with Gasteiger partial charge in [0.2, 0.25) is 0 Å². The van der Waals surface area contributed by atoms with Crippen molar-refractivity contribution in [3.05, 3.63) is 28.2 Å². The molecule has 1 aromatic rings. The van der Waals surface area contributed by atoms with Crippen molar-refractivity contribution in [2.24, 2.45) is 5.92 Å². The summed E-state index contributed by atoms with van der Waals surface area (Å²) in [5, 5.41) is 0. The number of benzene rings is 1. The summed E-state index contributed by atoms with van der Waals surface area (Å²) in [4.78, 5) is 2.58. The molecule has 1 heterocycles. The Kier molecular flexibility index (Phi) is 5.71. The molecule has 19 heavy (non-hydrogen) atoms. The average molecular weight is 326 g/mol. The highest BCUT2D eigenvalue weighted by molar-refractivity contribution is 9.10. The average Bonchev–Trinajstić information content (AvgIpc) is 2.66. The summed E-state index contributed by atoms with van der Waals surface area (Å²) in [6.07, 6.45) is 5.40. The van der Waals surface area contributed by atoms with E-state index >= 15 is 0 Å². The van der Waals surface area contributed by atoms with Crippen LogP contribution in [0.5, 0.6) is 5.75 Å². The molecule has 2 rings (SSSR count). The summed E-state index contributed by atoms with van der Waals surface area (Å²) in [6, 6.07) is 6.23. The highest BCUT2D eigenvalue weighted by Gasteiger charge is 2.16. The first kappa shape index (κ1) is 14.9. The molecule has 1 atom stereocenters. The van der Waals surface area contributed by atoms with Crippen molar-refractivity contribution in [3.63, 3.8) is 0 Å². The van der Waals surface area contributed by atoms with Crippen LogP contribution in [-0.2, 0) is 6.54 Å². The quantitative estimate of drug-likeness (QED) is 0.809. The molecule has 3 heteroatoms. The van der Waals surface area contributed by atoms with Crippen LogP contribution in [-0.4, -0.2) is 25.1 Å². The lowest BCUT2D eigenvalue weighted by Crippen LogP contribution is -2.24. The SMILES string of the molecule is CCC1CCCN(Cc2cc(OC)ccc2Br)CC1. The second kappa shape index (κ2) is 7.30. The molecule has 1 saturated heterocycles. The van der Waals surface area contributed by atoms with Gasteiger partial charge in [0.1, 0.15) is 5.75 Å². The third-order valence-corrected chi connectivity index (χ3v) is 4.94. The minimum absolute atomic E-state index is 0.929. The van der Waals surface area contributed by atoms with Crippen molar-refractivity contribution in [2.75, 3.05) is 20.2 Å². The van der Waals surface area contributed by atoms with Gasteiger partial charge in [0.15, 0.2) is 0 Å². The molecule has 0 N–H and O–H groups in total. The van der Waals surface area contributed by atoms with Crippen LogP contribution in [0, 0.1) is 5.92 Å². The summed E-state index contributed by atoms with van der Waals surface area (Å²) < 4.78 is 6.50. The lowest BCUT2D eigenvalue weighted by molar-refractivity contribution is 0.271. The third-order valence-electron chi connectivity index (χ3n) is 4.16. The van der Waals surface area contributed by atoms with Crippen LogP contribution in [0.2, 0.25) is 0 Å². The van der Waals surface area contributed by atoms with Crippen LogP contribution in [0.15, 0.2) is 22.7 Å². The third kappa shape index (κ3) is 4.22. The molecular weight excluding hydrogens is 302 g/mol. The van der Waals surface area contributed by atoms with E-state index in [0.29, 0.717) is 0 Å². The van der Waals surface area contributed by atoms with Crippen molar-refractivity contribution < 1.29 is 4.74 Å². The van der Waals surface area contributed by atoms with Crippen LogP contribution in [0.25, 0.3) is 0 Å². The Bertz CT molecular complexity index is 408. The molecule has 0 bridgehead atoms. The molecule has 0 spiro atoms. The standard InChI is InChI=1S/C16H24BrNO/c1-3-13-5-4-9-18(10-8-13)12-14-11-15(19-2)6-7-16(14)17/h6-7,11,13H,3-5,8-10,12H2,1-2H3. The summed E-state index contributed by atoms with van der Waals surface area (Å²) in [6.45, 7) is 5.79. The first-order valence-electron chi connectivity index (χ1n) is 7.27. The molecule has 0 amide bonds. The highest BCUT2D eigenvalue weighted by Crippen LogP contribution is 2.26. The highest BCUT2D eigenvalue weighted by atomic mass is 79.9. The minimum atomic E-state index is 0.929. The van der Waals surface area contributed by atoms with Gasteiger partial charge in [-0.3, -0.25) is 4.90 Å². The molecule has 2 nitrogen and oxygen atoms in total. The normalized spacial score (nSPS) is 21.1. The number of ether oxygens (including phenoxy) is 1. The fourth-order valence-corrected chi connectivity index (χ4v) is 3.20. The Morgan fingerprint density at radius 2 is 2.16 bits per heavy atom. The first-order chi connectivity index (χ1) is 9.22. The summed E-state index contributed by atoms with van der Waals surface area (Å²) >= 11 is 3.65. The van der Waals surface area contributed by atoms with E-state index in [1.54, 1.807) is 7.11 Å². The minimum Gasteiger partial charge on any atom is -0.497 e. The van der Waals surface area contributed by atoms with Crippen molar-refractivity contribution in [1.29, 1.82) is 0 Å². The molecule has 0 aliphatic carbocycles. The maximum Gasteiger partial charge on any atom is 0.119 e. The number of hydrogen-bond acceptors (Lipinski definition) is 2. The monoisotopic (exact) mass is 325 g/mol. The molecule has 106 valence electrons. The first-order valence-corrected chi connectivity index (χ1v) is 8.07. The number of hydrogen-bond donors (Lipinski definition) is 0. The molecule has 0 saturated carbocycles. The Balaban J connectivity index is 2.00. The van der Waals surface area contributed by atoms with Gasteiger partial charge >= 0.3 is 0 Å². The van der Waals surface area contributed by atoms with Gasteiger partial charge in [-0.2, -0.15) is 0 Å². The van der Waals surface area contributed by atoms with E-state index in [4.69, 9.17) is 4.74 Å². The van der Waals surface area contributed by atoms with E-state index in [0.717, 1.165) is 18.2 Å². The van der Waals surface area contributed by atoms with Gasteiger partial charge in [0, 0.05) is 11.0 Å². The number of methoxy groups -OCH3 is 1. The molecule has 1 aliphatic rings. The van der Waals surface area contributed by atoms with Crippen molar-refractivity contribution >= 4 is 15.9 Å².